The first-order chi connectivity index (χ1) is 8.08. The third-order valence-corrected chi connectivity index (χ3v) is 4.35. The SMILES string of the molecule is CC1(C)CC(C)(C)CC(O)(C2(O)C=CC=CC2)C1. The van der Waals surface area contributed by atoms with Crippen LogP contribution in [0.2, 0.25) is 0 Å². The number of hydrogen-bond acceptors (Lipinski definition) is 2. The summed E-state index contributed by atoms with van der Waals surface area (Å²) in [6, 6.07) is 0. The molecule has 1 saturated carbocycles. The molecule has 0 saturated heterocycles. The van der Waals surface area contributed by atoms with Crippen LogP contribution < -0.4 is 0 Å². The Hall–Kier alpha value is -0.600. The maximum Gasteiger partial charge on any atom is 0.115 e. The summed E-state index contributed by atoms with van der Waals surface area (Å²) >= 11 is 0. The van der Waals surface area contributed by atoms with Gasteiger partial charge < -0.3 is 10.2 Å². The molecule has 0 amide bonds. The van der Waals surface area contributed by atoms with E-state index in [-0.39, 0.29) is 10.8 Å². The fourth-order valence-corrected chi connectivity index (χ4v) is 4.33. The van der Waals surface area contributed by atoms with E-state index in [9.17, 15) is 10.2 Å². The van der Waals surface area contributed by atoms with Gasteiger partial charge in [0.1, 0.15) is 5.60 Å². The smallest absolute Gasteiger partial charge is 0.115 e. The Balaban J connectivity index is 2.35. The van der Waals surface area contributed by atoms with Crippen LogP contribution in [0, 0.1) is 10.8 Å². The highest BCUT2D eigenvalue weighted by Gasteiger charge is 2.55. The largest absolute Gasteiger partial charge is 0.386 e. The van der Waals surface area contributed by atoms with Crippen molar-refractivity contribution in [3.63, 3.8) is 0 Å². The van der Waals surface area contributed by atoms with Crippen LogP contribution in [0.15, 0.2) is 24.3 Å². The van der Waals surface area contributed by atoms with Crippen molar-refractivity contribution in [1.82, 2.24) is 0 Å². The molecule has 0 spiro atoms. The molecule has 2 nitrogen and oxygen atoms in total. The van der Waals surface area contributed by atoms with Crippen LogP contribution in [0.4, 0.5) is 0 Å². The summed E-state index contributed by atoms with van der Waals surface area (Å²) in [5, 5.41) is 21.9. The lowest BCUT2D eigenvalue weighted by atomic mass is 9.55. The molecule has 2 heteroatoms. The first kappa shape index (κ1) is 13.8. The zero-order valence-corrected chi connectivity index (χ0v) is 12.0. The molecule has 2 aliphatic rings. The first-order valence-electron chi connectivity index (χ1n) is 6.87. The van der Waals surface area contributed by atoms with Crippen molar-refractivity contribution in [2.75, 3.05) is 0 Å². The highest BCUT2D eigenvalue weighted by molar-refractivity contribution is 5.25. The second kappa shape index (κ2) is 3.94. The summed E-state index contributed by atoms with van der Waals surface area (Å²) in [5.74, 6) is 0. The summed E-state index contributed by atoms with van der Waals surface area (Å²) in [6.07, 6.45) is 10.4. The molecule has 0 aromatic rings. The minimum Gasteiger partial charge on any atom is -0.386 e. The Morgan fingerprint density at radius 2 is 1.39 bits per heavy atom. The molecule has 0 heterocycles. The zero-order chi connectivity index (χ0) is 13.7. The van der Waals surface area contributed by atoms with Gasteiger partial charge in [0.2, 0.25) is 0 Å². The Labute approximate surface area is 110 Å². The van der Waals surface area contributed by atoms with E-state index in [0.29, 0.717) is 19.3 Å². The van der Waals surface area contributed by atoms with Gasteiger partial charge in [-0.15, -0.1) is 0 Å². The lowest BCUT2D eigenvalue weighted by Gasteiger charge is -2.55. The number of hydrogen-bond donors (Lipinski definition) is 2. The summed E-state index contributed by atoms with van der Waals surface area (Å²) < 4.78 is 0. The molecule has 0 bridgehead atoms. The van der Waals surface area contributed by atoms with E-state index in [4.69, 9.17) is 0 Å². The van der Waals surface area contributed by atoms with Gasteiger partial charge in [-0.05, 0) is 36.2 Å². The topological polar surface area (TPSA) is 40.5 Å². The fourth-order valence-electron chi connectivity index (χ4n) is 4.33. The maximum absolute atomic E-state index is 11.1. The van der Waals surface area contributed by atoms with Crippen LogP contribution in [-0.2, 0) is 0 Å². The van der Waals surface area contributed by atoms with Crippen molar-refractivity contribution in [2.24, 2.45) is 10.8 Å². The Morgan fingerprint density at radius 1 is 0.833 bits per heavy atom. The van der Waals surface area contributed by atoms with Crippen molar-refractivity contribution >= 4 is 0 Å². The average molecular weight is 250 g/mol. The Kier molecular flexibility index (Phi) is 3.03. The molecule has 102 valence electrons. The highest BCUT2D eigenvalue weighted by Crippen LogP contribution is 2.54. The molecule has 2 rings (SSSR count). The van der Waals surface area contributed by atoms with Crippen LogP contribution in [0.1, 0.15) is 53.4 Å². The van der Waals surface area contributed by atoms with Crippen LogP contribution in [0.25, 0.3) is 0 Å². The molecule has 1 atom stereocenters. The molecule has 1 fully saturated rings. The molecule has 0 aromatic carbocycles. The molecule has 0 aromatic heterocycles. The fraction of sp³-hybridized carbons (Fsp3) is 0.750. The van der Waals surface area contributed by atoms with Gasteiger partial charge in [-0.2, -0.15) is 0 Å². The van der Waals surface area contributed by atoms with E-state index in [2.05, 4.69) is 27.7 Å². The van der Waals surface area contributed by atoms with Crippen LogP contribution >= 0.6 is 0 Å². The zero-order valence-electron chi connectivity index (χ0n) is 12.0. The maximum atomic E-state index is 11.1. The van der Waals surface area contributed by atoms with Crippen molar-refractivity contribution < 1.29 is 10.2 Å². The molecule has 1 unspecified atom stereocenters. The van der Waals surface area contributed by atoms with Gasteiger partial charge in [-0.1, -0.05) is 45.9 Å². The summed E-state index contributed by atoms with van der Waals surface area (Å²) in [4.78, 5) is 0. The van der Waals surface area contributed by atoms with E-state index in [1.54, 1.807) is 6.08 Å². The number of aliphatic hydroxyl groups is 2. The minimum absolute atomic E-state index is 0.0568. The van der Waals surface area contributed by atoms with Gasteiger partial charge in [-0.25, -0.2) is 0 Å². The van der Waals surface area contributed by atoms with E-state index in [1.165, 1.54) is 0 Å². The average Bonchev–Trinajstić information content (AvgIpc) is 2.12. The van der Waals surface area contributed by atoms with Gasteiger partial charge in [0, 0.05) is 6.42 Å². The standard InChI is InChI=1S/C16H26O2/c1-13(2)10-14(3,4)12-16(18,11-13)15(17)8-6-5-7-9-15/h5-8,17-18H,9-12H2,1-4H3. The van der Waals surface area contributed by atoms with E-state index >= 15 is 0 Å². The number of allylic oxidation sites excluding steroid dienone is 2. The molecule has 0 radical (unpaired) electrons. The van der Waals surface area contributed by atoms with Gasteiger partial charge in [0.25, 0.3) is 0 Å². The lowest BCUT2D eigenvalue weighted by molar-refractivity contribution is -0.184. The van der Waals surface area contributed by atoms with Gasteiger partial charge in [0.05, 0.1) is 5.60 Å². The minimum atomic E-state index is -1.11. The third-order valence-electron chi connectivity index (χ3n) is 4.35. The number of rotatable bonds is 1. The van der Waals surface area contributed by atoms with Crippen molar-refractivity contribution in [1.29, 1.82) is 0 Å². The molecule has 2 aliphatic carbocycles. The van der Waals surface area contributed by atoms with Gasteiger partial charge >= 0.3 is 0 Å². The van der Waals surface area contributed by atoms with Crippen molar-refractivity contribution in [2.45, 2.75) is 64.6 Å². The highest BCUT2D eigenvalue weighted by atomic mass is 16.4. The van der Waals surface area contributed by atoms with Crippen LogP contribution in [-0.4, -0.2) is 21.4 Å². The van der Waals surface area contributed by atoms with Crippen LogP contribution in [0.3, 0.4) is 0 Å². The van der Waals surface area contributed by atoms with Gasteiger partial charge in [0.15, 0.2) is 0 Å². The Bertz CT molecular complexity index is 374. The molecule has 2 N–H and O–H groups in total. The quantitative estimate of drug-likeness (QED) is 0.750. The first-order valence-corrected chi connectivity index (χ1v) is 6.87. The predicted molar refractivity (Wildman–Crippen MR) is 74.2 cm³/mol. The summed E-state index contributed by atoms with van der Waals surface area (Å²) in [6.45, 7) is 8.74. The lowest BCUT2D eigenvalue weighted by Crippen LogP contribution is -2.60. The van der Waals surface area contributed by atoms with Crippen LogP contribution in [0.5, 0.6) is 0 Å². The van der Waals surface area contributed by atoms with Crippen molar-refractivity contribution in [3.8, 4) is 0 Å². The molecular weight excluding hydrogens is 224 g/mol. The summed E-state index contributed by atoms with van der Waals surface area (Å²) in [7, 11) is 0. The second-order valence-corrected chi connectivity index (χ2v) is 7.81. The third kappa shape index (κ3) is 2.41. The Morgan fingerprint density at radius 3 is 1.83 bits per heavy atom. The van der Waals surface area contributed by atoms with Crippen molar-refractivity contribution in [3.05, 3.63) is 24.3 Å². The van der Waals surface area contributed by atoms with E-state index in [1.807, 2.05) is 18.2 Å². The monoisotopic (exact) mass is 250 g/mol. The molecule has 18 heavy (non-hydrogen) atoms. The molecular formula is C16H26O2. The predicted octanol–water partition coefficient (Wildman–Crippen LogP) is 3.20. The molecule has 0 aliphatic heterocycles. The van der Waals surface area contributed by atoms with Gasteiger partial charge in [-0.3, -0.25) is 0 Å². The second-order valence-electron chi connectivity index (χ2n) is 7.81. The normalized spacial score (nSPS) is 36.6. The van der Waals surface area contributed by atoms with E-state index < -0.39 is 11.2 Å². The summed E-state index contributed by atoms with van der Waals surface area (Å²) in [5.41, 5.74) is -2.03. The van der Waals surface area contributed by atoms with E-state index in [0.717, 1.165) is 6.42 Å².